The number of carboxylic acid groups (broad SMARTS) is 1. The number of hydrogen-bond acceptors (Lipinski definition) is 3. The van der Waals surface area contributed by atoms with Crippen LogP contribution in [-0.4, -0.2) is 31.3 Å². The highest BCUT2D eigenvalue weighted by Gasteiger charge is 2.02. The number of aromatic carboxylic acids is 1. The molecule has 0 radical (unpaired) electrons. The molecule has 0 atom stereocenters. The lowest BCUT2D eigenvalue weighted by Gasteiger charge is -2.06. The first kappa shape index (κ1) is 12.5. The minimum absolute atomic E-state index is 0.307. The predicted molar refractivity (Wildman–Crippen MR) is 63.0 cm³/mol. The van der Waals surface area contributed by atoms with E-state index in [4.69, 9.17) is 9.84 Å². The molecule has 2 N–H and O–H groups in total. The van der Waals surface area contributed by atoms with Crippen molar-refractivity contribution in [3.8, 4) is 0 Å². The monoisotopic (exact) mass is 223 g/mol. The Morgan fingerprint density at radius 3 is 2.94 bits per heavy atom. The van der Waals surface area contributed by atoms with E-state index in [1.165, 1.54) is 0 Å². The summed E-state index contributed by atoms with van der Waals surface area (Å²) in [6.07, 6.45) is 2.01. The zero-order chi connectivity index (χ0) is 11.8. The van der Waals surface area contributed by atoms with Gasteiger partial charge in [-0.3, -0.25) is 0 Å². The maximum atomic E-state index is 10.7. The fourth-order valence-corrected chi connectivity index (χ4v) is 1.37. The molecule has 0 amide bonds. The molecular weight excluding hydrogens is 206 g/mol. The van der Waals surface area contributed by atoms with Crippen molar-refractivity contribution in [2.45, 2.75) is 12.8 Å². The van der Waals surface area contributed by atoms with Crippen LogP contribution in [0.15, 0.2) is 24.3 Å². The first-order valence-corrected chi connectivity index (χ1v) is 5.30. The molecule has 0 spiro atoms. The number of rotatable bonds is 7. The van der Waals surface area contributed by atoms with Crippen molar-refractivity contribution >= 4 is 11.7 Å². The average molecular weight is 223 g/mol. The molecule has 16 heavy (non-hydrogen) atoms. The average Bonchev–Trinajstić information content (AvgIpc) is 2.29. The summed E-state index contributed by atoms with van der Waals surface area (Å²) in [5, 5.41) is 12.0. The number of carbonyl (C=O) groups is 1. The zero-order valence-corrected chi connectivity index (χ0v) is 9.40. The normalized spacial score (nSPS) is 10.1. The van der Waals surface area contributed by atoms with E-state index in [1.54, 1.807) is 25.3 Å². The number of hydrogen-bond donors (Lipinski definition) is 2. The number of unbranched alkanes of at least 4 members (excludes halogenated alkanes) is 1. The van der Waals surface area contributed by atoms with Crippen LogP contribution in [0.25, 0.3) is 0 Å². The molecule has 4 heteroatoms. The number of nitrogens with one attached hydrogen (secondary N) is 1. The SMILES string of the molecule is COCCCCNc1cccc(C(=O)O)c1. The molecule has 0 saturated heterocycles. The van der Waals surface area contributed by atoms with Gasteiger partial charge in [0.15, 0.2) is 0 Å². The highest BCUT2D eigenvalue weighted by molar-refractivity contribution is 5.88. The minimum atomic E-state index is -0.900. The first-order valence-electron chi connectivity index (χ1n) is 5.30. The van der Waals surface area contributed by atoms with Gasteiger partial charge in [0.1, 0.15) is 0 Å². The van der Waals surface area contributed by atoms with Crippen LogP contribution >= 0.6 is 0 Å². The molecule has 0 aliphatic rings. The summed E-state index contributed by atoms with van der Waals surface area (Å²) in [5.74, 6) is -0.900. The molecule has 0 unspecified atom stereocenters. The topological polar surface area (TPSA) is 58.6 Å². The molecule has 88 valence electrons. The van der Waals surface area contributed by atoms with E-state index in [0.29, 0.717) is 5.56 Å². The van der Waals surface area contributed by atoms with E-state index in [-0.39, 0.29) is 0 Å². The van der Waals surface area contributed by atoms with Crippen LogP contribution in [-0.2, 0) is 4.74 Å². The van der Waals surface area contributed by atoms with E-state index >= 15 is 0 Å². The van der Waals surface area contributed by atoms with Crippen LogP contribution in [0.2, 0.25) is 0 Å². The lowest BCUT2D eigenvalue weighted by atomic mass is 10.2. The summed E-state index contributed by atoms with van der Waals surface area (Å²) in [6, 6.07) is 6.82. The van der Waals surface area contributed by atoms with Crippen molar-refractivity contribution in [2.24, 2.45) is 0 Å². The van der Waals surface area contributed by atoms with Crippen molar-refractivity contribution in [1.82, 2.24) is 0 Å². The van der Waals surface area contributed by atoms with E-state index in [1.807, 2.05) is 6.07 Å². The molecule has 0 heterocycles. The maximum Gasteiger partial charge on any atom is 0.335 e. The molecule has 4 nitrogen and oxygen atoms in total. The van der Waals surface area contributed by atoms with Crippen LogP contribution < -0.4 is 5.32 Å². The maximum absolute atomic E-state index is 10.7. The third kappa shape index (κ3) is 4.31. The standard InChI is InChI=1S/C12H17NO3/c1-16-8-3-2-7-13-11-6-4-5-10(9-11)12(14)15/h4-6,9,13H,2-3,7-8H2,1H3,(H,14,15). The minimum Gasteiger partial charge on any atom is -0.478 e. The fourth-order valence-electron chi connectivity index (χ4n) is 1.37. The van der Waals surface area contributed by atoms with Crippen molar-refractivity contribution in [2.75, 3.05) is 25.6 Å². The Kier molecular flexibility index (Phi) is 5.36. The first-order chi connectivity index (χ1) is 7.74. The Hall–Kier alpha value is -1.55. The van der Waals surface area contributed by atoms with Gasteiger partial charge in [0.25, 0.3) is 0 Å². The Morgan fingerprint density at radius 2 is 2.25 bits per heavy atom. The van der Waals surface area contributed by atoms with E-state index in [0.717, 1.165) is 31.7 Å². The van der Waals surface area contributed by atoms with Crippen LogP contribution in [0.5, 0.6) is 0 Å². The van der Waals surface area contributed by atoms with Gasteiger partial charge in [-0.2, -0.15) is 0 Å². The van der Waals surface area contributed by atoms with Crippen LogP contribution in [0.1, 0.15) is 23.2 Å². The third-order valence-electron chi connectivity index (χ3n) is 2.21. The van der Waals surface area contributed by atoms with Gasteiger partial charge in [-0.1, -0.05) is 6.07 Å². The van der Waals surface area contributed by atoms with Gasteiger partial charge in [0, 0.05) is 25.9 Å². The number of anilines is 1. The second-order valence-electron chi connectivity index (χ2n) is 3.51. The molecule has 0 aromatic heterocycles. The van der Waals surface area contributed by atoms with E-state index in [9.17, 15) is 4.79 Å². The lowest BCUT2D eigenvalue weighted by Crippen LogP contribution is -2.04. The summed E-state index contributed by atoms with van der Waals surface area (Å²) in [5.41, 5.74) is 1.15. The van der Waals surface area contributed by atoms with Gasteiger partial charge in [-0.15, -0.1) is 0 Å². The van der Waals surface area contributed by atoms with E-state index < -0.39 is 5.97 Å². The Morgan fingerprint density at radius 1 is 1.44 bits per heavy atom. The Labute approximate surface area is 95.2 Å². The predicted octanol–water partition coefficient (Wildman–Crippen LogP) is 2.22. The second-order valence-corrected chi connectivity index (χ2v) is 3.51. The van der Waals surface area contributed by atoms with E-state index in [2.05, 4.69) is 5.32 Å². The Balaban J connectivity index is 2.36. The molecule has 1 aromatic carbocycles. The van der Waals surface area contributed by atoms with Gasteiger partial charge in [-0.05, 0) is 31.0 Å². The number of benzene rings is 1. The second kappa shape index (κ2) is 6.85. The van der Waals surface area contributed by atoms with Gasteiger partial charge < -0.3 is 15.2 Å². The van der Waals surface area contributed by atoms with Crippen LogP contribution in [0, 0.1) is 0 Å². The smallest absolute Gasteiger partial charge is 0.335 e. The quantitative estimate of drug-likeness (QED) is 0.696. The van der Waals surface area contributed by atoms with Crippen molar-refractivity contribution in [1.29, 1.82) is 0 Å². The molecule has 1 aromatic rings. The van der Waals surface area contributed by atoms with Crippen LogP contribution in [0.3, 0.4) is 0 Å². The Bertz CT molecular complexity index is 339. The zero-order valence-electron chi connectivity index (χ0n) is 9.40. The summed E-state index contributed by atoms with van der Waals surface area (Å²) < 4.78 is 4.94. The largest absolute Gasteiger partial charge is 0.478 e. The number of ether oxygens (including phenoxy) is 1. The highest BCUT2D eigenvalue weighted by atomic mass is 16.5. The molecule has 1 rings (SSSR count). The molecule has 0 aliphatic carbocycles. The van der Waals surface area contributed by atoms with Gasteiger partial charge in [0.05, 0.1) is 5.56 Å². The van der Waals surface area contributed by atoms with Crippen molar-refractivity contribution in [3.05, 3.63) is 29.8 Å². The van der Waals surface area contributed by atoms with Gasteiger partial charge in [-0.25, -0.2) is 4.79 Å². The van der Waals surface area contributed by atoms with Gasteiger partial charge in [0.2, 0.25) is 0 Å². The van der Waals surface area contributed by atoms with Crippen molar-refractivity contribution in [3.63, 3.8) is 0 Å². The number of carboxylic acids is 1. The van der Waals surface area contributed by atoms with Crippen LogP contribution in [0.4, 0.5) is 5.69 Å². The summed E-state index contributed by atoms with van der Waals surface area (Å²) in [7, 11) is 1.68. The van der Waals surface area contributed by atoms with Crippen molar-refractivity contribution < 1.29 is 14.6 Å². The molecule has 0 bridgehead atoms. The lowest BCUT2D eigenvalue weighted by molar-refractivity contribution is 0.0697. The molecular formula is C12H17NO3. The number of methoxy groups -OCH3 is 1. The molecule has 0 fully saturated rings. The summed E-state index contributed by atoms with van der Waals surface area (Å²) >= 11 is 0. The summed E-state index contributed by atoms with van der Waals surface area (Å²) in [6.45, 7) is 1.59. The van der Waals surface area contributed by atoms with Gasteiger partial charge >= 0.3 is 5.97 Å². The highest BCUT2D eigenvalue weighted by Crippen LogP contribution is 2.10. The fraction of sp³-hybridized carbons (Fsp3) is 0.417. The summed E-state index contributed by atoms with van der Waals surface area (Å²) in [4.78, 5) is 10.7. The molecule has 0 aliphatic heterocycles. The third-order valence-corrected chi connectivity index (χ3v) is 2.21. The molecule has 0 saturated carbocycles.